The van der Waals surface area contributed by atoms with Crippen LogP contribution in [0.25, 0.3) is 0 Å². The van der Waals surface area contributed by atoms with Crippen molar-refractivity contribution in [2.24, 2.45) is 11.7 Å². The van der Waals surface area contributed by atoms with Crippen LogP contribution in [0.3, 0.4) is 0 Å². The molecule has 1 saturated heterocycles. The standard InChI is InChI=1S/C12H17N5O4/c13-11(20)8-2-1-3-16(5-8)12(21)15-9-4-14-17(6-9)7-10(18)19/h4,6,8H,1-3,5,7H2,(H2,13,20)(H,15,21)(H,18,19). The van der Waals surface area contributed by atoms with E-state index in [2.05, 4.69) is 10.4 Å². The van der Waals surface area contributed by atoms with E-state index < -0.39 is 11.9 Å². The average molecular weight is 295 g/mol. The number of anilines is 1. The topological polar surface area (TPSA) is 131 Å². The Morgan fingerprint density at radius 2 is 2.24 bits per heavy atom. The largest absolute Gasteiger partial charge is 0.480 e. The molecule has 9 nitrogen and oxygen atoms in total. The number of hydrogen-bond donors (Lipinski definition) is 3. The molecule has 21 heavy (non-hydrogen) atoms. The van der Waals surface area contributed by atoms with Crippen LogP contribution in [0.1, 0.15) is 12.8 Å². The van der Waals surface area contributed by atoms with Crippen LogP contribution in [0, 0.1) is 5.92 Å². The molecule has 1 aromatic rings. The quantitative estimate of drug-likeness (QED) is 0.701. The first-order valence-electron chi connectivity index (χ1n) is 6.55. The number of nitrogens with one attached hydrogen (secondary N) is 1. The first-order chi connectivity index (χ1) is 9.95. The number of primary amides is 1. The third kappa shape index (κ3) is 3.94. The number of carbonyl (C=O) groups excluding carboxylic acids is 2. The number of nitrogens with zero attached hydrogens (tertiary/aromatic N) is 3. The molecule has 1 unspecified atom stereocenters. The van der Waals surface area contributed by atoms with E-state index >= 15 is 0 Å². The average Bonchev–Trinajstić information content (AvgIpc) is 2.85. The number of carbonyl (C=O) groups is 3. The van der Waals surface area contributed by atoms with Crippen molar-refractivity contribution < 1.29 is 19.5 Å². The first kappa shape index (κ1) is 14.8. The minimum atomic E-state index is -1.02. The van der Waals surface area contributed by atoms with E-state index in [1.807, 2.05) is 0 Å². The summed E-state index contributed by atoms with van der Waals surface area (Å²) in [7, 11) is 0. The Morgan fingerprint density at radius 3 is 2.90 bits per heavy atom. The number of piperidine rings is 1. The lowest BCUT2D eigenvalue weighted by molar-refractivity contribution is -0.137. The van der Waals surface area contributed by atoms with Crippen molar-refractivity contribution in [3.8, 4) is 0 Å². The maximum absolute atomic E-state index is 12.1. The zero-order valence-corrected chi connectivity index (χ0v) is 11.4. The molecule has 0 saturated carbocycles. The minimum absolute atomic E-state index is 0.274. The van der Waals surface area contributed by atoms with E-state index in [1.54, 1.807) is 0 Å². The van der Waals surface area contributed by atoms with Crippen molar-refractivity contribution in [1.29, 1.82) is 0 Å². The van der Waals surface area contributed by atoms with Gasteiger partial charge < -0.3 is 21.1 Å². The maximum atomic E-state index is 12.1. The normalized spacial score (nSPS) is 18.3. The SMILES string of the molecule is NC(=O)C1CCCN(C(=O)Nc2cnn(CC(=O)O)c2)C1. The summed E-state index contributed by atoms with van der Waals surface area (Å²) in [6.45, 7) is 0.576. The highest BCUT2D eigenvalue weighted by Crippen LogP contribution is 2.17. The van der Waals surface area contributed by atoms with Gasteiger partial charge in [-0.1, -0.05) is 0 Å². The van der Waals surface area contributed by atoms with Crippen LogP contribution in [0.2, 0.25) is 0 Å². The third-order valence-corrected chi connectivity index (χ3v) is 3.29. The Labute approximate surface area is 120 Å². The molecule has 4 N–H and O–H groups in total. The fourth-order valence-electron chi connectivity index (χ4n) is 2.25. The lowest BCUT2D eigenvalue weighted by Gasteiger charge is -2.31. The Hall–Kier alpha value is -2.58. The summed E-state index contributed by atoms with van der Waals surface area (Å²) >= 11 is 0. The number of nitrogens with two attached hydrogens (primary N) is 1. The molecule has 2 rings (SSSR count). The molecule has 2 heterocycles. The molecule has 9 heteroatoms. The van der Waals surface area contributed by atoms with Gasteiger partial charge in [0.25, 0.3) is 0 Å². The molecule has 0 aliphatic carbocycles. The predicted octanol–water partition coefficient (Wildman–Crippen LogP) is -0.303. The van der Waals surface area contributed by atoms with Crippen molar-refractivity contribution in [3.63, 3.8) is 0 Å². The van der Waals surface area contributed by atoms with Gasteiger partial charge in [0.15, 0.2) is 0 Å². The monoisotopic (exact) mass is 295 g/mol. The van der Waals surface area contributed by atoms with Gasteiger partial charge in [-0.2, -0.15) is 5.10 Å². The van der Waals surface area contributed by atoms with Crippen molar-refractivity contribution in [3.05, 3.63) is 12.4 Å². The summed E-state index contributed by atoms with van der Waals surface area (Å²) in [4.78, 5) is 35.3. The van der Waals surface area contributed by atoms with Crippen LogP contribution in [-0.4, -0.2) is 50.8 Å². The highest BCUT2D eigenvalue weighted by molar-refractivity contribution is 5.89. The molecule has 0 radical (unpaired) electrons. The number of rotatable bonds is 4. The first-order valence-corrected chi connectivity index (χ1v) is 6.55. The Balaban J connectivity index is 1.93. The smallest absolute Gasteiger partial charge is 0.325 e. The van der Waals surface area contributed by atoms with Crippen LogP contribution in [-0.2, 0) is 16.1 Å². The molecule has 1 aliphatic heterocycles. The second-order valence-corrected chi connectivity index (χ2v) is 4.94. The van der Waals surface area contributed by atoms with Crippen molar-refractivity contribution in [2.75, 3.05) is 18.4 Å². The number of hydrogen-bond acceptors (Lipinski definition) is 4. The molecule has 1 atom stereocenters. The van der Waals surface area contributed by atoms with Crippen molar-refractivity contribution >= 4 is 23.6 Å². The molecular formula is C12H17N5O4. The van der Waals surface area contributed by atoms with Gasteiger partial charge in [-0.25, -0.2) is 4.79 Å². The van der Waals surface area contributed by atoms with Gasteiger partial charge in [0, 0.05) is 19.3 Å². The molecule has 0 bridgehead atoms. The lowest BCUT2D eigenvalue weighted by atomic mass is 9.98. The zero-order valence-electron chi connectivity index (χ0n) is 11.4. The van der Waals surface area contributed by atoms with E-state index in [4.69, 9.17) is 10.8 Å². The summed E-state index contributed by atoms with van der Waals surface area (Å²) in [5.74, 6) is -1.74. The minimum Gasteiger partial charge on any atom is -0.480 e. The zero-order chi connectivity index (χ0) is 15.4. The van der Waals surface area contributed by atoms with Gasteiger partial charge in [0.2, 0.25) is 5.91 Å². The second-order valence-electron chi connectivity index (χ2n) is 4.94. The van der Waals surface area contributed by atoms with Gasteiger partial charge >= 0.3 is 12.0 Å². The number of amides is 3. The molecule has 0 aromatic carbocycles. The number of urea groups is 1. The van der Waals surface area contributed by atoms with Crippen LogP contribution in [0.5, 0.6) is 0 Å². The summed E-state index contributed by atoms with van der Waals surface area (Å²) in [6.07, 6.45) is 4.22. The molecule has 0 spiro atoms. The predicted molar refractivity (Wildman–Crippen MR) is 72.4 cm³/mol. The van der Waals surface area contributed by atoms with Crippen LogP contribution in [0.4, 0.5) is 10.5 Å². The van der Waals surface area contributed by atoms with E-state index in [0.717, 1.165) is 6.42 Å². The molecular weight excluding hydrogens is 278 g/mol. The number of carboxylic acid groups (broad SMARTS) is 1. The van der Waals surface area contributed by atoms with Crippen LogP contribution in [0.15, 0.2) is 12.4 Å². The van der Waals surface area contributed by atoms with Crippen molar-refractivity contribution in [2.45, 2.75) is 19.4 Å². The summed E-state index contributed by atoms with van der Waals surface area (Å²) in [5.41, 5.74) is 5.67. The number of likely N-dealkylation sites (tertiary alicyclic amines) is 1. The van der Waals surface area contributed by atoms with Crippen LogP contribution >= 0.6 is 0 Å². The molecule has 1 fully saturated rings. The van der Waals surface area contributed by atoms with E-state index in [0.29, 0.717) is 25.2 Å². The fraction of sp³-hybridized carbons (Fsp3) is 0.500. The van der Waals surface area contributed by atoms with Crippen molar-refractivity contribution in [1.82, 2.24) is 14.7 Å². The van der Waals surface area contributed by atoms with Gasteiger partial charge in [0.05, 0.1) is 17.8 Å². The maximum Gasteiger partial charge on any atom is 0.325 e. The summed E-state index contributed by atoms with van der Waals surface area (Å²) in [5, 5.41) is 15.1. The number of aliphatic carboxylic acids is 1. The van der Waals surface area contributed by atoms with Gasteiger partial charge in [-0.05, 0) is 12.8 Å². The van der Waals surface area contributed by atoms with Gasteiger partial charge in [-0.15, -0.1) is 0 Å². The number of aromatic nitrogens is 2. The van der Waals surface area contributed by atoms with E-state index in [9.17, 15) is 14.4 Å². The van der Waals surface area contributed by atoms with Crippen LogP contribution < -0.4 is 11.1 Å². The lowest BCUT2D eigenvalue weighted by Crippen LogP contribution is -2.45. The summed E-state index contributed by atoms with van der Waals surface area (Å²) in [6, 6.07) is -0.351. The van der Waals surface area contributed by atoms with Gasteiger partial charge in [-0.3, -0.25) is 14.3 Å². The number of carboxylic acids is 1. The van der Waals surface area contributed by atoms with E-state index in [1.165, 1.54) is 22.0 Å². The fourth-order valence-corrected chi connectivity index (χ4v) is 2.25. The Kier molecular flexibility index (Phi) is 4.41. The molecule has 114 valence electrons. The Bertz CT molecular complexity index is 556. The molecule has 1 aromatic heterocycles. The third-order valence-electron chi connectivity index (χ3n) is 3.29. The second kappa shape index (κ2) is 6.25. The highest BCUT2D eigenvalue weighted by Gasteiger charge is 2.27. The molecule has 1 aliphatic rings. The summed E-state index contributed by atoms with van der Waals surface area (Å²) < 4.78 is 1.21. The van der Waals surface area contributed by atoms with E-state index in [-0.39, 0.29) is 18.5 Å². The Morgan fingerprint density at radius 1 is 1.48 bits per heavy atom. The highest BCUT2D eigenvalue weighted by atomic mass is 16.4. The van der Waals surface area contributed by atoms with Gasteiger partial charge in [0.1, 0.15) is 6.54 Å². The molecule has 3 amide bonds.